The first-order valence-electron chi connectivity index (χ1n) is 4.51. The lowest BCUT2D eigenvalue weighted by Crippen LogP contribution is -2.08. The predicted octanol–water partition coefficient (Wildman–Crippen LogP) is 2.02. The topological polar surface area (TPSA) is 46.2 Å². The first-order chi connectivity index (χ1) is 7.45. The summed E-state index contributed by atoms with van der Waals surface area (Å²) in [5.74, 6) is 4.80. The summed E-state index contributed by atoms with van der Waals surface area (Å²) in [4.78, 5) is 0. The highest BCUT2D eigenvalue weighted by Crippen LogP contribution is 2.32. The molecule has 1 aromatic carbocycles. The van der Waals surface area contributed by atoms with Crippen molar-refractivity contribution in [3.05, 3.63) is 29.3 Å². The highest BCUT2D eigenvalue weighted by atomic mass is 19.4. The van der Waals surface area contributed by atoms with E-state index >= 15 is 0 Å². The molecule has 0 radical (unpaired) electrons. The third-order valence-corrected chi connectivity index (χ3v) is 1.81. The van der Waals surface area contributed by atoms with Gasteiger partial charge in [-0.25, -0.2) is 0 Å². The molecule has 2 nitrogen and oxygen atoms in total. The van der Waals surface area contributed by atoms with Crippen molar-refractivity contribution in [2.24, 2.45) is 0 Å². The molecule has 0 atom stereocenters. The minimum Gasteiger partial charge on any atom is -0.399 e. The van der Waals surface area contributed by atoms with Crippen molar-refractivity contribution in [1.29, 1.82) is 0 Å². The van der Waals surface area contributed by atoms with E-state index in [2.05, 4.69) is 11.8 Å². The van der Waals surface area contributed by atoms with Crippen molar-refractivity contribution in [3.63, 3.8) is 0 Å². The number of nitrogen functional groups attached to an aromatic ring is 1. The number of aliphatic hydroxyl groups excluding tert-OH is 1. The average Bonchev–Trinajstić information content (AvgIpc) is 2.19. The summed E-state index contributed by atoms with van der Waals surface area (Å²) in [5.41, 5.74) is 4.35. The number of alkyl halides is 3. The van der Waals surface area contributed by atoms with E-state index in [9.17, 15) is 13.2 Å². The van der Waals surface area contributed by atoms with Gasteiger partial charge in [0.25, 0.3) is 0 Å². The Morgan fingerprint density at radius 2 is 2.00 bits per heavy atom. The Morgan fingerprint density at radius 3 is 2.56 bits per heavy atom. The number of hydrogen-bond acceptors (Lipinski definition) is 2. The van der Waals surface area contributed by atoms with Gasteiger partial charge in [0.05, 0.1) is 12.2 Å². The molecule has 0 heterocycles. The number of hydrogen-bond donors (Lipinski definition) is 2. The van der Waals surface area contributed by atoms with Crippen LogP contribution in [0.15, 0.2) is 18.2 Å². The molecule has 0 amide bonds. The second-order valence-corrected chi connectivity index (χ2v) is 3.08. The van der Waals surface area contributed by atoms with E-state index in [4.69, 9.17) is 10.8 Å². The summed E-state index contributed by atoms with van der Waals surface area (Å²) in [6.45, 7) is -0.177. The highest BCUT2D eigenvalue weighted by molar-refractivity contribution is 5.51. The molecule has 3 N–H and O–H groups in total. The van der Waals surface area contributed by atoms with Gasteiger partial charge in [0, 0.05) is 17.7 Å². The zero-order valence-corrected chi connectivity index (χ0v) is 8.30. The lowest BCUT2D eigenvalue weighted by atomic mass is 10.1. The summed E-state index contributed by atoms with van der Waals surface area (Å²) in [5, 5.41) is 8.47. The Bertz CT molecular complexity index is 429. The summed E-state index contributed by atoms with van der Waals surface area (Å²) in [6.07, 6.45) is -4.33. The molecule has 0 aliphatic carbocycles. The molecule has 5 heteroatoms. The van der Waals surface area contributed by atoms with E-state index in [1.807, 2.05) is 0 Å². The lowest BCUT2D eigenvalue weighted by molar-refractivity contribution is -0.137. The van der Waals surface area contributed by atoms with Crippen LogP contribution in [0.2, 0.25) is 0 Å². The van der Waals surface area contributed by atoms with Crippen LogP contribution in [0.25, 0.3) is 0 Å². The largest absolute Gasteiger partial charge is 0.417 e. The second-order valence-electron chi connectivity index (χ2n) is 3.08. The first-order valence-corrected chi connectivity index (χ1v) is 4.51. The number of aliphatic hydroxyl groups is 1. The fourth-order valence-corrected chi connectivity index (χ4v) is 1.12. The van der Waals surface area contributed by atoms with Gasteiger partial charge in [-0.15, -0.1) is 0 Å². The maximum Gasteiger partial charge on any atom is 0.417 e. The van der Waals surface area contributed by atoms with Gasteiger partial charge in [0.1, 0.15) is 0 Å². The zero-order valence-electron chi connectivity index (χ0n) is 8.30. The van der Waals surface area contributed by atoms with Crippen LogP contribution in [0.4, 0.5) is 18.9 Å². The Labute approximate surface area is 90.9 Å². The summed E-state index contributed by atoms with van der Waals surface area (Å²) in [6, 6.07) is 3.43. The normalized spacial score (nSPS) is 10.8. The van der Waals surface area contributed by atoms with Gasteiger partial charge in [-0.3, -0.25) is 0 Å². The maximum absolute atomic E-state index is 12.6. The summed E-state index contributed by atoms with van der Waals surface area (Å²) in [7, 11) is 0. The van der Waals surface area contributed by atoms with Crippen molar-refractivity contribution < 1.29 is 18.3 Å². The minimum absolute atomic E-state index is 0.0417. The molecule has 0 spiro atoms. The molecule has 86 valence electrons. The molecule has 1 aromatic rings. The van der Waals surface area contributed by atoms with E-state index in [1.165, 1.54) is 12.1 Å². The smallest absolute Gasteiger partial charge is 0.399 e. The molecule has 0 bridgehead atoms. The van der Waals surface area contributed by atoms with Crippen LogP contribution in [-0.2, 0) is 6.18 Å². The lowest BCUT2D eigenvalue weighted by Gasteiger charge is -2.09. The molecular weight excluding hydrogens is 219 g/mol. The number of halogens is 3. The zero-order chi connectivity index (χ0) is 12.2. The molecule has 0 aliphatic heterocycles. The van der Waals surface area contributed by atoms with Gasteiger partial charge in [0.2, 0.25) is 0 Å². The fraction of sp³-hybridized carbons (Fsp3) is 0.273. The van der Waals surface area contributed by atoms with Gasteiger partial charge in [-0.1, -0.05) is 11.8 Å². The van der Waals surface area contributed by atoms with Crippen LogP contribution < -0.4 is 5.73 Å². The van der Waals surface area contributed by atoms with Crippen LogP contribution in [0, 0.1) is 11.8 Å². The van der Waals surface area contributed by atoms with Crippen LogP contribution >= 0.6 is 0 Å². The van der Waals surface area contributed by atoms with Gasteiger partial charge in [0.15, 0.2) is 0 Å². The molecule has 16 heavy (non-hydrogen) atoms. The van der Waals surface area contributed by atoms with Gasteiger partial charge in [-0.2, -0.15) is 13.2 Å². The Kier molecular flexibility index (Phi) is 3.80. The van der Waals surface area contributed by atoms with E-state index in [-0.39, 0.29) is 24.3 Å². The quantitative estimate of drug-likeness (QED) is 0.571. The van der Waals surface area contributed by atoms with Crippen LogP contribution in [0.5, 0.6) is 0 Å². The van der Waals surface area contributed by atoms with Crippen LogP contribution in [0.3, 0.4) is 0 Å². The molecule has 0 saturated carbocycles. The molecular formula is C11H10F3NO. The highest BCUT2D eigenvalue weighted by Gasteiger charge is 2.33. The number of rotatable bonds is 1. The Balaban J connectivity index is 3.15. The van der Waals surface area contributed by atoms with Crippen molar-refractivity contribution in [1.82, 2.24) is 0 Å². The van der Waals surface area contributed by atoms with E-state index in [0.717, 1.165) is 6.07 Å². The van der Waals surface area contributed by atoms with Crippen molar-refractivity contribution >= 4 is 5.69 Å². The number of anilines is 1. The molecule has 0 unspecified atom stereocenters. The minimum atomic E-state index is -4.47. The first kappa shape index (κ1) is 12.4. The van der Waals surface area contributed by atoms with Gasteiger partial charge < -0.3 is 10.8 Å². The predicted molar refractivity (Wildman–Crippen MR) is 54.4 cm³/mol. The van der Waals surface area contributed by atoms with Crippen molar-refractivity contribution in [2.75, 3.05) is 12.3 Å². The number of nitrogens with two attached hydrogens (primary N) is 1. The molecule has 1 rings (SSSR count). The molecule has 0 aromatic heterocycles. The standard InChI is InChI=1S/C11H10F3NO/c12-11(13,14)10-7-9(15)5-4-8(10)3-1-2-6-16/h4-5,7,16H,2,6,15H2. The van der Waals surface area contributed by atoms with E-state index in [0.29, 0.717) is 0 Å². The van der Waals surface area contributed by atoms with Gasteiger partial charge in [-0.05, 0) is 18.2 Å². The summed E-state index contributed by atoms with van der Waals surface area (Å²) < 4.78 is 37.7. The van der Waals surface area contributed by atoms with Crippen molar-refractivity contribution in [2.45, 2.75) is 12.6 Å². The van der Waals surface area contributed by atoms with Crippen LogP contribution in [-0.4, -0.2) is 11.7 Å². The molecule has 0 fully saturated rings. The van der Waals surface area contributed by atoms with Gasteiger partial charge >= 0.3 is 6.18 Å². The third kappa shape index (κ3) is 3.17. The van der Waals surface area contributed by atoms with Crippen LogP contribution in [0.1, 0.15) is 17.5 Å². The Hall–Kier alpha value is -1.67. The fourth-order valence-electron chi connectivity index (χ4n) is 1.12. The number of benzene rings is 1. The molecule has 0 aliphatic rings. The van der Waals surface area contributed by atoms with E-state index < -0.39 is 11.7 Å². The average molecular weight is 229 g/mol. The Morgan fingerprint density at radius 1 is 1.31 bits per heavy atom. The SMILES string of the molecule is Nc1ccc(C#CCCO)c(C(F)(F)F)c1. The second kappa shape index (κ2) is 4.90. The monoisotopic (exact) mass is 229 g/mol. The van der Waals surface area contributed by atoms with E-state index in [1.54, 1.807) is 0 Å². The third-order valence-electron chi connectivity index (χ3n) is 1.81. The summed E-state index contributed by atoms with van der Waals surface area (Å²) >= 11 is 0. The van der Waals surface area contributed by atoms with Crippen molar-refractivity contribution in [3.8, 4) is 11.8 Å². The maximum atomic E-state index is 12.6. The molecule has 0 saturated heterocycles.